The number of hydrogen-bond donors (Lipinski definition) is 2. The molecule has 3 aliphatic rings. The minimum absolute atomic E-state index is 0.127. The van der Waals surface area contributed by atoms with Crippen molar-refractivity contribution in [3.63, 3.8) is 0 Å². The fourth-order valence-electron chi connectivity index (χ4n) is 5.18. The first-order valence-electron chi connectivity index (χ1n) is 12.4. The summed E-state index contributed by atoms with van der Waals surface area (Å²) in [5.74, 6) is 0. The zero-order valence-corrected chi connectivity index (χ0v) is 21.0. The predicted octanol–water partition coefficient (Wildman–Crippen LogP) is 3.25. The molecule has 2 amide bonds. The van der Waals surface area contributed by atoms with E-state index < -0.39 is 10.0 Å². The Bertz CT molecular complexity index is 842. The Morgan fingerprint density at radius 1 is 1.06 bits per heavy atom. The number of urea groups is 1. The van der Waals surface area contributed by atoms with Crippen LogP contribution in [-0.2, 0) is 14.8 Å². The Morgan fingerprint density at radius 3 is 2.27 bits per heavy atom. The fraction of sp³-hybridized carbons (Fsp3) is 0.818. The Labute approximate surface area is 201 Å². The van der Waals surface area contributed by atoms with E-state index in [1.54, 1.807) is 0 Å². The second-order valence-electron chi connectivity index (χ2n) is 9.26. The van der Waals surface area contributed by atoms with Crippen LogP contribution < -0.4 is 10.0 Å². The lowest BCUT2D eigenvalue weighted by atomic mass is 9.89. The molecule has 0 bridgehead atoms. The highest BCUT2D eigenvalue weighted by molar-refractivity contribution is 7.91. The van der Waals surface area contributed by atoms with Crippen LogP contribution in [0, 0.1) is 0 Å². The van der Waals surface area contributed by atoms with Gasteiger partial charge in [0, 0.05) is 38.3 Å². The van der Waals surface area contributed by atoms with E-state index in [2.05, 4.69) is 24.8 Å². The molecule has 4 rings (SSSR count). The third-order valence-corrected chi connectivity index (χ3v) is 9.79. The Hall–Kier alpha value is -1.27. The predicted molar refractivity (Wildman–Crippen MR) is 129 cm³/mol. The minimum Gasteiger partial charge on any atom is -0.379 e. The number of carbonyl (C=O) groups is 1. The number of ether oxygens (including phenoxy) is 1. The summed E-state index contributed by atoms with van der Waals surface area (Å²) in [4.78, 5) is 21.8. The van der Waals surface area contributed by atoms with Crippen LogP contribution in [0.4, 0.5) is 9.93 Å². The Kier molecular flexibility index (Phi) is 8.98. The van der Waals surface area contributed by atoms with Crippen molar-refractivity contribution in [3.8, 4) is 0 Å². The van der Waals surface area contributed by atoms with E-state index in [1.807, 2.05) is 0 Å². The quantitative estimate of drug-likeness (QED) is 0.569. The molecule has 2 saturated carbocycles. The first-order valence-corrected chi connectivity index (χ1v) is 14.7. The van der Waals surface area contributed by atoms with Gasteiger partial charge in [-0.2, -0.15) is 0 Å². The normalized spacial score (nSPS) is 21.7. The number of sulfonamides is 1. The summed E-state index contributed by atoms with van der Waals surface area (Å²) in [5, 5.41) is 3.26. The molecule has 2 aliphatic carbocycles. The molecular weight excluding hydrogens is 462 g/mol. The van der Waals surface area contributed by atoms with Crippen molar-refractivity contribution >= 4 is 32.5 Å². The highest BCUT2D eigenvalue weighted by atomic mass is 32.2. The van der Waals surface area contributed by atoms with Crippen LogP contribution in [0.2, 0.25) is 0 Å². The molecule has 1 aromatic heterocycles. The highest BCUT2D eigenvalue weighted by Gasteiger charge is 2.33. The van der Waals surface area contributed by atoms with E-state index in [1.165, 1.54) is 19.0 Å². The molecule has 9 nitrogen and oxygen atoms in total. The topological polar surface area (TPSA) is 104 Å². The Morgan fingerprint density at radius 2 is 1.67 bits per heavy atom. The van der Waals surface area contributed by atoms with Crippen molar-refractivity contribution in [2.75, 3.05) is 44.7 Å². The van der Waals surface area contributed by atoms with Crippen molar-refractivity contribution in [2.45, 2.75) is 80.5 Å². The van der Waals surface area contributed by atoms with Crippen LogP contribution in [0.5, 0.6) is 0 Å². The van der Waals surface area contributed by atoms with Crippen LogP contribution >= 0.6 is 11.3 Å². The summed E-state index contributed by atoms with van der Waals surface area (Å²) in [6.07, 6.45) is 12.7. The summed E-state index contributed by atoms with van der Waals surface area (Å²) >= 11 is 1.01. The molecule has 33 heavy (non-hydrogen) atoms. The van der Waals surface area contributed by atoms with Gasteiger partial charge in [-0.3, -0.25) is 10.2 Å². The summed E-state index contributed by atoms with van der Waals surface area (Å²) in [7, 11) is -3.65. The lowest BCUT2D eigenvalue weighted by Crippen LogP contribution is -2.50. The average Bonchev–Trinajstić information content (AvgIpc) is 3.31. The second kappa shape index (κ2) is 11.9. The third kappa shape index (κ3) is 6.88. The molecule has 11 heteroatoms. The van der Waals surface area contributed by atoms with E-state index in [-0.39, 0.29) is 22.3 Å². The maximum Gasteiger partial charge on any atom is 0.324 e. The molecule has 1 aliphatic heterocycles. The highest BCUT2D eigenvalue weighted by Crippen LogP contribution is 2.31. The molecule has 2 heterocycles. The third-order valence-electron chi connectivity index (χ3n) is 6.96. The summed E-state index contributed by atoms with van der Waals surface area (Å²) in [6, 6.07) is 0.408. The smallest absolute Gasteiger partial charge is 0.324 e. The van der Waals surface area contributed by atoms with Gasteiger partial charge in [-0.05, 0) is 25.7 Å². The number of hydrogen-bond acceptors (Lipinski definition) is 7. The molecule has 1 saturated heterocycles. The maximum absolute atomic E-state index is 13.3. The number of nitrogens with one attached hydrogen (secondary N) is 2. The van der Waals surface area contributed by atoms with Crippen LogP contribution in [0.3, 0.4) is 0 Å². The number of aromatic nitrogens is 1. The monoisotopic (exact) mass is 499 g/mol. The largest absolute Gasteiger partial charge is 0.379 e. The van der Waals surface area contributed by atoms with Gasteiger partial charge in [0.25, 0.3) is 10.0 Å². The van der Waals surface area contributed by atoms with Crippen molar-refractivity contribution in [3.05, 3.63) is 6.20 Å². The maximum atomic E-state index is 13.3. The van der Waals surface area contributed by atoms with Crippen LogP contribution in [0.1, 0.15) is 64.2 Å². The number of rotatable bonds is 8. The van der Waals surface area contributed by atoms with Gasteiger partial charge < -0.3 is 9.64 Å². The van der Waals surface area contributed by atoms with Gasteiger partial charge in [0.05, 0.1) is 19.4 Å². The van der Waals surface area contributed by atoms with Gasteiger partial charge in [0.15, 0.2) is 9.34 Å². The van der Waals surface area contributed by atoms with E-state index in [9.17, 15) is 13.2 Å². The van der Waals surface area contributed by atoms with Gasteiger partial charge >= 0.3 is 6.03 Å². The molecule has 0 radical (unpaired) electrons. The average molecular weight is 500 g/mol. The Balaban J connectivity index is 1.35. The van der Waals surface area contributed by atoms with E-state index >= 15 is 0 Å². The number of carbonyl (C=O) groups excluding carboxylic acids is 1. The first-order chi connectivity index (χ1) is 16.0. The molecule has 0 unspecified atom stereocenters. The zero-order valence-electron chi connectivity index (χ0n) is 19.3. The summed E-state index contributed by atoms with van der Waals surface area (Å²) < 4.78 is 33.5. The van der Waals surface area contributed by atoms with Gasteiger partial charge in [-0.15, -0.1) is 0 Å². The van der Waals surface area contributed by atoms with Crippen molar-refractivity contribution < 1.29 is 17.9 Å². The van der Waals surface area contributed by atoms with Gasteiger partial charge in [0.1, 0.15) is 0 Å². The first kappa shape index (κ1) is 24.8. The fourth-order valence-corrected chi connectivity index (χ4v) is 7.27. The number of anilines is 1. The lowest BCUT2D eigenvalue weighted by molar-refractivity contribution is 0.0390. The van der Waals surface area contributed by atoms with E-state index in [0.717, 1.165) is 75.8 Å². The van der Waals surface area contributed by atoms with Crippen LogP contribution in [0.25, 0.3) is 0 Å². The number of thiazole rings is 1. The summed E-state index contributed by atoms with van der Waals surface area (Å²) in [5.41, 5.74) is 0. The van der Waals surface area contributed by atoms with Crippen LogP contribution in [0.15, 0.2) is 10.4 Å². The van der Waals surface area contributed by atoms with Crippen molar-refractivity contribution in [1.29, 1.82) is 0 Å². The molecule has 0 atom stereocenters. The standard InChI is InChI=1S/C22H37N5O4S2/c28-22(27(18-7-3-1-4-8-18)19-9-5-2-6-10-19)25-21-23-17-20(32-21)33(29,30)24-11-12-26-13-15-31-16-14-26/h17-19,24H,1-16H2,(H,23,25,28). The van der Waals surface area contributed by atoms with Gasteiger partial charge in [0.2, 0.25) is 0 Å². The van der Waals surface area contributed by atoms with Crippen molar-refractivity contribution in [1.82, 2.24) is 19.5 Å². The number of morpholine rings is 1. The van der Waals surface area contributed by atoms with Gasteiger partial charge in [-0.25, -0.2) is 22.9 Å². The lowest BCUT2D eigenvalue weighted by Gasteiger charge is -2.41. The molecule has 3 fully saturated rings. The summed E-state index contributed by atoms with van der Waals surface area (Å²) in [6.45, 7) is 3.97. The molecule has 186 valence electrons. The molecule has 0 aromatic carbocycles. The van der Waals surface area contributed by atoms with Crippen molar-refractivity contribution in [2.24, 2.45) is 0 Å². The number of nitrogens with zero attached hydrogens (tertiary/aromatic N) is 3. The van der Waals surface area contributed by atoms with E-state index in [4.69, 9.17) is 4.74 Å². The van der Waals surface area contributed by atoms with Crippen LogP contribution in [-0.4, -0.2) is 80.7 Å². The number of amides is 2. The second-order valence-corrected chi connectivity index (χ2v) is 12.3. The molecule has 2 N–H and O–H groups in total. The van der Waals surface area contributed by atoms with E-state index in [0.29, 0.717) is 31.4 Å². The minimum atomic E-state index is -3.65. The molecule has 0 spiro atoms. The molecular formula is C22H37N5O4S2. The van der Waals surface area contributed by atoms with Gasteiger partial charge in [-0.1, -0.05) is 49.9 Å². The SMILES string of the molecule is O=C(Nc1ncc(S(=O)(=O)NCCN2CCOCC2)s1)N(C1CCCCC1)C1CCCCC1. The molecule has 1 aromatic rings. The zero-order chi connectivity index (χ0) is 23.1.